The van der Waals surface area contributed by atoms with Gasteiger partial charge >= 0.3 is 6.18 Å². The Labute approximate surface area is 217 Å². The van der Waals surface area contributed by atoms with E-state index >= 15 is 0 Å². The predicted molar refractivity (Wildman–Crippen MR) is 132 cm³/mol. The van der Waals surface area contributed by atoms with Crippen molar-refractivity contribution in [3.63, 3.8) is 0 Å². The number of nitrogens with one attached hydrogen (secondary N) is 2. The molecule has 2 amide bonds. The summed E-state index contributed by atoms with van der Waals surface area (Å²) < 4.78 is 41.1. The van der Waals surface area contributed by atoms with Gasteiger partial charge in [0, 0.05) is 17.6 Å². The molecule has 2 N–H and O–H groups in total. The van der Waals surface area contributed by atoms with Gasteiger partial charge in [-0.3, -0.25) is 14.4 Å². The lowest BCUT2D eigenvalue weighted by Crippen LogP contribution is -2.26. The van der Waals surface area contributed by atoms with Gasteiger partial charge in [0.15, 0.2) is 11.5 Å². The number of benzene rings is 2. The molecule has 0 saturated heterocycles. The molecule has 4 aromatic rings. The molecule has 8 nitrogen and oxygen atoms in total. The van der Waals surface area contributed by atoms with E-state index in [2.05, 4.69) is 27.5 Å². The van der Waals surface area contributed by atoms with E-state index in [1.54, 1.807) is 24.3 Å². The number of nitrogens with zero attached hydrogens (tertiary/aromatic N) is 3. The zero-order valence-corrected chi connectivity index (χ0v) is 20.2. The third-order valence-corrected chi connectivity index (χ3v) is 5.69. The summed E-state index contributed by atoms with van der Waals surface area (Å²) in [5, 5.41) is 6.94. The summed E-state index contributed by atoms with van der Waals surface area (Å²) in [6, 6.07) is 11.6. The number of hydrogen-bond donors (Lipinski definition) is 2. The molecular formula is C24H16Cl2F3N5O3. The normalized spacial score (nSPS) is 11.4. The van der Waals surface area contributed by atoms with Crippen LogP contribution in [0.4, 0.5) is 18.9 Å². The SMILES string of the molecule is C=CCONC(=O)c1cc2ccccc2c(Cl)c1NC(=O)c1cc(C(F)(F)F)nn1-c1ncccc1Cl. The lowest BCUT2D eigenvalue weighted by molar-refractivity contribution is -0.141. The number of rotatable bonds is 7. The fraction of sp³-hybridized carbons (Fsp3) is 0.0833. The van der Waals surface area contributed by atoms with E-state index < -0.39 is 29.4 Å². The van der Waals surface area contributed by atoms with Gasteiger partial charge in [-0.2, -0.15) is 18.3 Å². The van der Waals surface area contributed by atoms with Gasteiger partial charge in [0.1, 0.15) is 5.69 Å². The minimum Gasteiger partial charge on any atom is -0.319 e. The van der Waals surface area contributed by atoms with Crippen molar-refractivity contribution >= 4 is 51.5 Å². The molecule has 0 aliphatic heterocycles. The lowest BCUT2D eigenvalue weighted by atomic mass is 10.0. The van der Waals surface area contributed by atoms with Crippen LogP contribution in [0.1, 0.15) is 26.5 Å². The molecule has 0 aliphatic rings. The highest BCUT2D eigenvalue weighted by atomic mass is 35.5. The topological polar surface area (TPSA) is 98.1 Å². The van der Waals surface area contributed by atoms with Crippen LogP contribution in [0, 0.1) is 0 Å². The average Bonchev–Trinajstić information content (AvgIpc) is 3.32. The summed E-state index contributed by atoms with van der Waals surface area (Å²) in [7, 11) is 0. The van der Waals surface area contributed by atoms with Crippen LogP contribution < -0.4 is 10.8 Å². The molecule has 190 valence electrons. The van der Waals surface area contributed by atoms with Crippen molar-refractivity contribution in [3.8, 4) is 5.82 Å². The fourth-order valence-corrected chi connectivity index (χ4v) is 3.90. The molecule has 2 aromatic carbocycles. The molecule has 2 heterocycles. The van der Waals surface area contributed by atoms with Crippen molar-refractivity contribution in [1.82, 2.24) is 20.2 Å². The average molecular weight is 550 g/mol. The van der Waals surface area contributed by atoms with Gasteiger partial charge in [-0.25, -0.2) is 15.1 Å². The Morgan fingerprint density at radius 2 is 1.86 bits per heavy atom. The van der Waals surface area contributed by atoms with Crippen LogP contribution in [-0.2, 0) is 11.0 Å². The highest BCUT2D eigenvalue weighted by Gasteiger charge is 2.37. The number of anilines is 1. The minimum absolute atomic E-state index is 0.00101. The molecule has 2 aromatic heterocycles. The minimum atomic E-state index is -4.87. The number of carbonyl (C=O) groups is 2. The van der Waals surface area contributed by atoms with Crippen LogP contribution in [-0.4, -0.2) is 33.2 Å². The number of alkyl halides is 3. The van der Waals surface area contributed by atoms with Crippen LogP contribution in [0.25, 0.3) is 16.6 Å². The quantitative estimate of drug-likeness (QED) is 0.171. The first-order valence-corrected chi connectivity index (χ1v) is 11.2. The van der Waals surface area contributed by atoms with Gasteiger partial charge in [-0.1, -0.05) is 53.5 Å². The maximum absolute atomic E-state index is 13.5. The van der Waals surface area contributed by atoms with E-state index in [1.165, 1.54) is 30.5 Å². The van der Waals surface area contributed by atoms with Gasteiger partial charge in [-0.05, 0) is 23.6 Å². The summed E-state index contributed by atoms with van der Waals surface area (Å²) in [4.78, 5) is 35.1. The molecule has 0 aliphatic carbocycles. The summed E-state index contributed by atoms with van der Waals surface area (Å²) in [6.07, 6.45) is -2.18. The molecule has 0 atom stereocenters. The first-order valence-electron chi connectivity index (χ1n) is 10.5. The number of aromatic nitrogens is 3. The lowest BCUT2D eigenvalue weighted by Gasteiger charge is -2.16. The highest BCUT2D eigenvalue weighted by molar-refractivity contribution is 6.40. The second kappa shape index (κ2) is 10.6. The predicted octanol–water partition coefficient (Wildman–Crippen LogP) is 5.85. The second-order valence-corrected chi connectivity index (χ2v) is 8.24. The van der Waals surface area contributed by atoms with Crippen molar-refractivity contribution in [3.05, 3.63) is 94.4 Å². The van der Waals surface area contributed by atoms with Crippen LogP contribution in [0.15, 0.2) is 67.4 Å². The first-order chi connectivity index (χ1) is 17.6. The molecule has 37 heavy (non-hydrogen) atoms. The summed E-state index contributed by atoms with van der Waals surface area (Å²) in [6.45, 7) is 3.48. The Kier molecular flexibility index (Phi) is 7.48. The van der Waals surface area contributed by atoms with E-state index in [0.717, 1.165) is 0 Å². The zero-order chi connectivity index (χ0) is 26.7. The van der Waals surface area contributed by atoms with E-state index in [9.17, 15) is 22.8 Å². The van der Waals surface area contributed by atoms with Crippen molar-refractivity contribution in [1.29, 1.82) is 0 Å². The molecule has 13 heteroatoms. The standard InChI is InChI=1S/C24H16Cl2F3N5O3/c1-2-10-37-33-22(35)15-11-13-6-3-4-7-14(13)19(26)20(15)31-23(36)17-12-18(24(27,28)29)32-34(17)21-16(25)8-5-9-30-21/h2-9,11-12H,1,10H2,(H,31,36)(H,33,35). The third-order valence-electron chi connectivity index (χ3n) is 5.01. The van der Waals surface area contributed by atoms with Crippen LogP contribution in [0.3, 0.4) is 0 Å². The number of hydroxylamine groups is 1. The number of hydrogen-bond acceptors (Lipinski definition) is 5. The highest BCUT2D eigenvalue weighted by Crippen LogP contribution is 2.36. The van der Waals surface area contributed by atoms with Gasteiger partial charge in [0.25, 0.3) is 11.8 Å². The Hall–Kier alpha value is -3.93. The maximum atomic E-state index is 13.5. The largest absolute Gasteiger partial charge is 0.435 e. The number of halogens is 5. The third kappa shape index (κ3) is 5.43. The summed E-state index contributed by atoms with van der Waals surface area (Å²) >= 11 is 12.7. The fourth-order valence-electron chi connectivity index (χ4n) is 3.38. The molecule has 0 spiro atoms. The number of pyridine rings is 1. The molecule has 0 unspecified atom stereocenters. The molecule has 0 radical (unpaired) electrons. The molecular weight excluding hydrogens is 534 g/mol. The second-order valence-electron chi connectivity index (χ2n) is 7.45. The zero-order valence-electron chi connectivity index (χ0n) is 18.6. The molecule has 0 fully saturated rings. The molecule has 4 rings (SSSR count). The Balaban J connectivity index is 1.82. The number of amides is 2. The van der Waals surface area contributed by atoms with Crippen LogP contribution >= 0.6 is 23.2 Å². The van der Waals surface area contributed by atoms with E-state index in [1.807, 2.05) is 0 Å². The van der Waals surface area contributed by atoms with E-state index in [4.69, 9.17) is 28.0 Å². The monoisotopic (exact) mass is 549 g/mol. The van der Waals surface area contributed by atoms with Crippen molar-refractivity contribution in [2.75, 3.05) is 11.9 Å². The van der Waals surface area contributed by atoms with Crippen LogP contribution in [0.2, 0.25) is 10.0 Å². The smallest absolute Gasteiger partial charge is 0.319 e. The van der Waals surface area contributed by atoms with Gasteiger partial charge < -0.3 is 5.32 Å². The molecule has 0 bridgehead atoms. The van der Waals surface area contributed by atoms with Gasteiger partial charge in [0.2, 0.25) is 0 Å². The number of fused-ring (bicyclic) bond motifs is 1. The first kappa shape index (κ1) is 26.1. The molecule has 0 saturated carbocycles. The van der Waals surface area contributed by atoms with Crippen molar-refractivity contribution in [2.45, 2.75) is 6.18 Å². The Morgan fingerprint density at radius 1 is 1.11 bits per heavy atom. The van der Waals surface area contributed by atoms with Crippen molar-refractivity contribution < 1.29 is 27.6 Å². The van der Waals surface area contributed by atoms with Crippen molar-refractivity contribution in [2.24, 2.45) is 0 Å². The summed E-state index contributed by atoms with van der Waals surface area (Å²) in [5.74, 6) is -2.02. The van der Waals surface area contributed by atoms with Crippen LogP contribution in [0.5, 0.6) is 0 Å². The summed E-state index contributed by atoms with van der Waals surface area (Å²) in [5.41, 5.74) is 0.0507. The van der Waals surface area contributed by atoms with E-state index in [-0.39, 0.29) is 33.7 Å². The maximum Gasteiger partial charge on any atom is 0.435 e. The van der Waals surface area contributed by atoms with Gasteiger partial charge in [-0.15, -0.1) is 6.58 Å². The number of carbonyl (C=O) groups excluding carboxylic acids is 2. The Bertz CT molecular complexity index is 1520. The Morgan fingerprint density at radius 3 is 2.57 bits per heavy atom. The van der Waals surface area contributed by atoms with E-state index in [0.29, 0.717) is 21.5 Å². The van der Waals surface area contributed by atoms with Gasteiger partial charge in [0.05, 0.1) is 27.9 Å².